The van der Waals surface area contributed by atoms with E-state index in [1.165, 1.54) is 29.5 Å². The van der Waals surface area contributed by atoms with Gasteiger partial charge in [0.1, 0.15) is 0 Å². The first-order valence-corrected chi connectivity index (χ1v) is 8.92. The summed E-state index contributed by atoms with van der Waals surface area (Å²) in [6.45, 7) is 4.31. The van der Waals surface area contributed by atoms with Crippen LogP contribution in [0.4, 0.5) is 0 Å². The molecule has 1 saturated heterocycles. The summed E-state index contributed by atoms with van der Waals surface area (Å²) in [6.07, 6.45) is 9.90. The third-order valence-electron chi connectivity index (χ3n) is 4.95. The van der Waals surface area contributed by atoms with Crippen LogP contribution in [-0.2, 0) is 13.1 Å². The molecule has 0 radical (unpaired) electrons. The van der Waals surface area contributed by atoms with Crippen molar-refractivity contribution in [1.29, 1.82) is 0 Å². The molecule has 3 aromatic rings. The topological polar surface area (TPSA) is 46.8 Å². The van der Waals surface area contributed by atoms with Gasteiger partial charge in [-0.05, 0) is 60.7 Å². The average molecular weight is 333 g/mol. The quantitative estimate of drug-likeness (QED) is 0.719. The van der Waals surface area contributed by atoms with E-state index >= 15 is 0 Å². The van der Waals surface area contributed by atoms with Crippen molar-refractivity contribution >= 4 is 0 Å². The van der Waals surface area contributed by atoms with Gasteiger partial charge in [-0.3, -0.25) is 14.6 Å². The number of likely N-dealkylation sites (tertiary alicyclic amines) is 1. The first-order valence-electron chi connectivity index (χ1n) is 8.92. The minimum Gasteiger partial charge on any atom is -0.299 e. The predicted molar refractivity (Wildman–Crippen MR) is 97.7 cm³/mol. The Bertz CT molecular complexity index is 777. The normalized spacial score (nSPS) is 16.2. The molecule has 4 rings (SSSR count). The lowest BCUT2D eigenvalue weighted by atomic mass is 9.96. The fraction of sp³-hybridized carbons (Fsp3) is 0.350. The summed E-state index contributed by atoms with van der Waals surface area (Å²) in [6, 6.07) is 12.9. The van der Waals surface area contributed by atoms with Crippen LogP contribution in [0.2, 0.25) is 0 Å². The number of nitrogens with zero attached hydrogens (tertiary/aromatic N) is 5. The molecule has 3 heterocycles. The zero-order chi connectivity index (χ0) is 16.9. The molecule has 0 saturated carbocycles. The lowest BCUT2D eigenvalue weighted by Crippen LogP contribution is -2.34. The first kappa shape index (κ1) is 16.0. The van der Waals surface area contributed by atoms with Crippen LogP contribution in [-0.4, -0.2) is 38.0 Å². The second-order valence-electron chi connectivity index (χ2n) is 6.79. The molecule has 25 heavy (non-hydrogen) atoms. The standard InChI is InChI=1S/C20H23N5/c1-3-18(13-19(4-1)20-5-2-8-21-14-20)15-24-10-6-17(7-11-24)16-25-12-9-22-23-25/h1-5,8-9,12-14,17H,6-7,10-11,15-16H2. The molecule has 1 aromatic carbocycles. The van der Waals surface area contributed by atoms with Gasteiger partial charge in [-0.2, -0.15) is 0 Å². The van der Waals surface area contributed by atoms with Crippen molar-refractivity contribution in [3.05, 3.63) is 66.7 Å². The molecule has 2 aromatic heterocycles. The summed E-state index contributed by atoms with van der Waals surface area (Å²) < 4.78 is 1.96. The number of hydrogen-bond acceptors (Lipinski definition) is 4. The Balaban J connectivity index is 1.34. The molecule has 0 atom stereocenters. The molecule has 0 spiro atoms. The number of aromatic nitrogens is 4. The molecule has 0 aliphatic carbocycles. The van der Waals surface area contributed by atoms with E-state index in [0.29, 0.717) is 5.92 Å². The summed E-state index contributed by atoms with van der Waals surface area (Å²) in [5.41, 5.74) is 3.79. The number of benzene rings is 1. The highest BCUT2D eigenvalue weighted by molar-refractivity contribution is 5.62. The monoisotopic (exact) mass is 333 g/mol. The zero-order valence-corrected chi connectivity index (χ0v) is 14.3. The highest BCUT2D eigenvalue weighted by atomic mass is 15.4. The van der Waals surface area contributed by atoms with E-state index in [-0.39, 0.29) is 0 Å². The Kier molecular flexibility index (Phi) is 4.84. The van der Waals surface area contributed by atoms with Crippen molar-refractivity contribution in [3.63, 3.8) is 0 Å². The lowest BCUT2D eigenvalue weighted by molar-refractivity contribution is 0.164. The van der Waals surface area contributed by atoms with Crippen molar-refractivity contribution in [2.75, 3.05) is 13.1 Å². The van der Waals surface area contributed by atoms with E-state index in [9.17, 15) is 0 Å². The van der Waals surface area contributed by atoms with Crippen molar-refractivity contribution < 1.29 is 0 Å². The molecular weight excluding hydrogens is 310 g/mol. The van der Waals surface area contributed by atoms with E-state index in [1.54, 1.807) is 6.20 Å². The smallest absolute Gasteiger partial charge is 0.0692 e. The van der Waals surface area contributed by atoms with E-state index in [1.807, 2.05) is 29.3 Å². The maximum atomic E-state index is 4.22. The minimum absolute atomic E-state index is 0.708. The van der Waals surface area contributed by atoms with Crippen molar-refractivity contribution in [2.24, 2.45) is 5.92 Å². The second kappa shape index (κ2) is 7.57. The van der Waals surface area contributed by atoms with Crippen LogP contribution in [0.1, 0.15) is 18.4 Å². The highest BCUT2D eigenvalue weighted by Crippen LogP contribution is 2.23. The second-order valence-corrected chi connectivity index (χ2v) is 6.79. The Hall–Kier alpha value is -2.53. The van der Waals surface area contributed by atoms with Crippen molar-refractivity contribution in [1.82, 2.24) is 24.9 Å². The molecule has 1 aliphatic rings. The number of pyridine rings is 1. The zero-order valence-electron chi connectivity index (χ0n) is 14.3. The molecular formula is C20H23N5. The Labute approximate surface area is 148 Å². The Morgan fingerprint density at radius 2 is 1.88 bits per heavy atom. The summed E-state index contributed by atoms with van der Waals surface area (Å²) >= 11 is 0. The van der Waals surface area contributed by atoms with E-state index in [4.69, 9.17) is 0 Å². The van der Waals surface area contributed by atoms with Crippen LogP contribution < -0.4 is 0 Å². The van der Waals surface area contributed by atoms with Gasteiger partial charge in [0.25, 0.3) is 0 Å². The maximum absolute atomic E-state index is 4.22. The van der Waals surface area contributed by atoms with Crippen LogP contribution in [0, 0.1) is 5.92 Å². The highest BCUT2D eigenvalue weighted by Gasteiger charge is 2.20. The van der Waals surface area contributed by atoms with E-state index in [0.717, 1.165) is 26.2 Å². The van der Waals surface area contributed by atoms with Crippen molar-refractivity contribution in [3.8, 4) is 11.1 Å². The first-order chi connectivity index (χ1) is 12.4. The van der Waals surface area contributed by atoms with Crippen LogP contribution in [0.5, 0.6) is 0 Å². The number of hydrogen-bond donors (Lipinski definition) is 0. The minimum atomic E-state index is 0.708. The van der Waals surface area contributed by atoms with Crippen LogP contribution in [0.3, 0.4) is 0 Å². The number of rotatable bonds is 5. The van der Waals surface area contributed by atoms with Gasteiger partial charge >= 0.3 is 0 Å². The van der Waals surface area contributed by atoms with Gasteiger partial charge in [0.05, 0.1) is 6.20 Å². The van der Waals surface area contributed by atoms with Gasteiger partial charge in [-0.1, -0.05) is 29.5 Å². The summed E-state index contributed by atoms with van der Waals surface area (Å²) in [7, 11) is 0. The van der Waals surface area contributed by atoms with Gasteiger partial charge in [0.2, 0.25) is 0 Å². The summed E-state index contributed by atoms with van der Waals surface area (Å²) in [5, 5.41) is 7.97. The fourth-order valence-electron chi connectivity index (χ4n) is 3.56. The molecule has 5 heteroatoms. The molecule has 0 amide bonds. The van der Waals surface area contributed by atoms with Crippen LogP contribution in [0.15, 0.2) is 61.2 Å². The van der Waals surface area contributed by atoms with Crippen LogP contribution >= 0.6 is 0 Å². The molecule has 0 bridgehead atoms. The Morgan fingerprint density at radius 3 is 2.64 bits per heavy atom. The molecule has 0 N–H and O–H groups in total. The van der Waals surface area contributed by atoms with Gasteiger partial charge in [-0.15, -0.1) is 5.10 Å². The Morgan fingerprint density at radius 1 is 1.00 bits per heavy atom. The fourth-order valence-corrected chi connectivity index (χ4v) is 3.56. The molecule has 5 nitrogen and oxygen atoms in total. The van der Waals surface area contributed by atoms with Gasteiger partial charge in [-0.25, -0.2) is 0 Å². The van der Waals surface area contributed by atoms with E-state index < -0.39 is 0 Å². The van der Waals surface area contributed by atoms with Crippen LogP contribution in [0.25, 0.3) is 11.1 Å². The lowest BCUT2D eigenvalue weighted by Gasteiger charge is -2.31. The number of piperidine rings is 1. The third kappa shape index (κ3) is 4.12. The van der Waals surface area contributed by atoms with Gasteiger partial charge in [0.15, 0.2) is 0 Å². The molecule has 0 unspecified atom stereocenters. The van der Waals surface area contributed by atoms with E-state index in [2.05, 4.69) is 50.5 Å². The summed E-state index contributed by atoms with van der Waals surface area (Å²) in [5.74, 6) is 0.708. The van der Waals surface area contributed by atoms with Crippen molar-refractivity contribution in [2.45, 2.75) is 25.9 Å². The average Bonchev–Trinajstić information content (AvgIpc) is 3.17. The maximum Gasteiger partial charge on any atom is 0.0692 e. The third-order valence-corrected chi connectivity index (χ3v) is 4.95. The molecule has 1 fully saturated rings. The predicted octanol–water partition coefficient (Wildman–Crippen LogP) is 3.25. The molecule has 128 valence electrons. The van der Waals surface area contributed by atoms with Gasteiger partial charge < -0.3 is 0 Å². The van der Waals surface area contributed by atoms with Gasteiger partial charge in [0, 0.05) is 31.7 Å². The largest absolute Gasteiger partial charge is 0.299 e. The molecule has 1 aliphatic heterocycles. The SMILES string of the molecule is c1cncc(-c2cccc(CN3CCC(Cn4ccnn4)CC3)c2)c1. The summed E-state index contributed by atoms with van der Waals surface area (Å²) in [4.78, 5) is 6.78.